The number of carbonyl (C=O) groups is 1. The van der Waals surface area contributed by atoms with Crippen LogP contribution in [0.4, 0.5) is 17.6 Å². The van der Waals surface area contributed by atoms with Gasteiger partial charge in [-0.3, -0.25) is 4.79 Å². The molecule has 1 aliphatic rings. The molecule has 1 aliphatic heterocycles. The molecule has 1 aromatic carbocycles. The van der Waals surface area contributed by atoms with Crippen LogP contribution in [0.5, 0.6) is 11.5 Å². The Hall–Kier alpha value is -1.83. The first-order chi connectivity index (χ1) is 8.77. The lowest BCUT2D eigenvalue weighted by Gasteiger charge is -2.31. The molecule has 4 nitrogen and oxygen atoms in total. The minimum atomic E-state index is -4.79. The van der Waals surface area contributed by atoms with Crippen molar-refractivity contribution in [2.24, 2.45) is 0 Å². The van der Waals surface area contributed by atoms with E-state index in [4.69, 9.17) is 0 Å². The Balaban J connectivity index is 2.35. The highest BCUT2D eigenvalue weighted by Gasteiger charge is 2.65. The van der Waals surface area contributed by atoms with Crippen LogP contribution in [0.3, 0.4) is 0 Å². The van der Waals surface area contributed by atoms with Crippen molar-refractivity contribution in [1.29, 1.82) is 0 Å². The predicted octanol–water partition coefficient (Wildman–Crippen LogP) is 2.05. The molecule has 104 valence electrons. The number of Topliss-reactive ketones (excluding diaryl/α,β-unsaturated/α-hetero) is 1. The third-order valence-corrected chi connectivity index (χ3v) is 2.42. The van der Waals surface area contributed by atoms with E-state index in [1.807, 2.05) is 0 Å². The van der Waals surface area contributed by atoms with Crippen molar-refractivity contribution in [2.45, 2.75) is 12.2 Å². The van der Waals surface area contributed by atoms with Crippen LogP contribution < -0.4 is 14.8 Å². The molecule has 0 aromatic heterocycles. The molecule has 0 fully saturated rings. The van der Waals surface area contributed by atoms with Gasteiger partial charge in [0.15, 0.2) is 17.3 Å². The third-order valence-electron chi connectivity index (χ3n) is 2.42. The number of hydrogen-bond donors (Lipinski definition) is 1. The Kier molecular flexibility index (Phi) is 3.13. The molecule has 2 rings (SSSR count). The van der Waals surface area contributed by atoms with E-state index in [1.54, 1.807) is 0 Å². The van der Waals surface area contributed by atoms with Gasteiger partial charge < -0.3 is 14.8 Å². The number of ketones is 1. The number of benzene rings is 1. The summed E-state index contributed by atoms with van der Waals surface area (Å²) in [6.45, 7) is -0.0216. The van der Waals surface area contributed by atoms with Crippen LogP contribution in [0.2, 0.25) is 0 Å². The van der Waals surface area contributed by atoms with E-state index < -0.39 is 29.5 Å². The molecular formula is C11H9F4NO3. The van der Waals surface area contributed by atoms with E-state index >= 15 is 0 Å². The summed E-state index contributed by atoms with van der Waals surface area (Å²) in [4.78, 5) is 11.5. The van der Waals surface area contributed by atoms with Gasteiger partial charge in [-0.1, -0.05) is 0 Å². The topological polar surface area (TPSA) is 47.6 Å². The molecule has 0 saturated carbocycles. The molecule has 8 heteroatoms. The lowest BCUT2D eigenvalue weighted by atomic mass is 10.1. The Morgan fingerprint density at radius 3 is 2.32 bits per heavy atom. The molecule has 19 heavy (non-hydrogen) atoms. The number of carbonyl (C=O) groups excluding carboxylic acids is 1. The Morgan fingerprint density at radius 1 is 1.16 bits per heavy atom. The summed E-state index contributed by atoms with van der Waals surface area (Å²) >= 11 is 0. The van der Waals surface area contributed by atoms with Gasteiger partial charge in [0, 0.05) is 5.56 Å². The fourth-order valence-corrected chi connectivity index (χ4v) is 1.50. The maximum absolute atomic E-state index is 12.9. The molecule has 0 amide bonds. The van der Waals surface area contributed by atoms with Gasteiger partial charge in [0.2, 0.25) is 0 Å². The molecule has 0 spiro atoms. The Bertz CT molecular complexity index is 519. The van der Waals surface area contributed by atoms with Crippen LogP contribution in [0.15, 0.2) is 18.2 Å². The minimum Gasteiger partial charge on any atom is -0.421 e. The van der Waals surface area contributed by atoms with Crippen LogP contribution in [0.25, 0.3) is 0 Å². The van der Waals surface area contributed by atoms with Crippen LogP contribution in [0.1, 0.15) is 10.4 Å². The van der Waals surface area contributed by atoms with Gasteiger partial charge in [0.05, 0.1) is 6.54 Å². The summed E-state index contributed by atoms with van der Waals surface area (Å²) in [7, 11) is 1.53. The maximum Gasteiger partial charge on any atom is 0.507 e. The van der Waals surface area contributed by atoms with Crippen molar-refractivity contribution in [1.82, 2.24) is 5.32 Å². The summed E-state index contributed by atoms with van der Waals surface area (Å²) in [5.74, 6) is -1.54. The number of likely N-dealkylation sites (N-methyl/N-ethyl adjacent to an activating group) is 1. The standard InChI is InChI=1S/C11H9F4NO3/c1-16-5-7(17)6-2-3-8-9(4-6)19-11(14,15)10(12,13)18-8/h2-4,16H,5H2,1H3. The van der Waals surface area contributed by atoms with Crippen LogP contribution >= 0.6 is 0 Å². The quantitative estimate of drug-likeness (QED) is 0.679. The fourth-order valence-electron chi connectivity index (χ4n) is 1.50. The monoisotopic (exact) mass is 279 g/mol. The second-order valence-electron chi connectivity index (χ2n) is 3.85. The van der Waals surface area contributed by atoms with Gasteiger partial charge in [0.1, 0.15) is 0 Å². The summed E-state index contributed by atoms with van der Waals surface area (Å²) in [5, 5.41) is 2.59. The molecule has 0 atom stereocenters. The lowest BCUT2D eigenvalue weighted by molar-refractivity contribution is -0.391. The third kappa shape index (κ3) is 2.35. The fraction of sp³-hybridized carbons (Fsp3) is 0.364. The Labute approximate surface area is 105 Å². The number of ether oxygens (including phenoxy) is 2. The highest BCUT2D eigenvalue weighted by molar-refractivity contribution is 5.98. The highest BCUT2D eigenvalue weighted by Crippen LogP contribution is 2.46. The van der Waals surface area contributed by atoms with Crippen LogP contribution in [-0.4, -0.2) is 31.6 Å². The first-order valence-electron chi connectivity index (χ1n) is 5.22. The molecule has 1 aromatic rings. The second kappa shape index (κ2) is 4.37. The normalized spacial score (nSPS) is 19.0. The summed E-state index contributed by atoms with van der Waals surface area (Å²) in [6.07, 6.45) is -9.54. The number of nitrogens with one attached hydrogen (secondary N) is 1. The van der Waals surface area contributed by atoms with Gasteiger partial charge in [0.25, 0.3) is 0 Å². The average molecular weight is 279 g/mol. The van der Waals surface area contributed by atoms with E-state index in [2.05, 4.69) is 14.8 Å². The smallest absolute Gasteiger partial charge is 0.421 e. The van der Waals surface area contributed by atoms with Crippen molar-refractivity contribution >= 4 is 5.78 Å². The first-order valence-corrected chi connectivity index (χ1v) is 5.22. The largest absolute Gasteiger partial charge is 0.507 e. The van der Waals surface area contributed by atoms with E-state index in [0.717, 1.165) is 12.1 Å². The van der Waals surface area contributed by atoms with E-state index in [-0.39, 0.29) is 12.1 Å². The number of hydrogen-bond acceptors (Lipinski definition) is 4. The average Bonchev–Trinajstić information content (AvgIpc) is 2.29. The molecule has 1 heterocycles. The minimum absolute atomic E-state index is 0.0216. The summed E-state index contributed by atoms with van der Waals surface area (Å²) in [5.41, 5.74) is 0.0534. The molecule has 0 unspecified atom stereocenters. The van der Waals surface area contributed by atoms with Crippen molar-refractivity contribution in [3.63, 3.8) is 0 Å². The van der Waals surface area contributed by atoms with Gasteiger partial charge >= 0.3 is 12.2 Å². The summed E-state index contributed by atoms with van der Waals surface area (Å²) < 4.78 is 59.4. The zero-order valence-corrected chi connectivity index (χ0v) is 9.68. The van der Waals surface area contributed by atoms with Crippen LogP contribution in [0, 0.1) is 0 Å². The number of fused-ring (bicyclic) bond motifs is 1. The molecule has 0 radical (unpaired) electrons. The molecule has 0 saturated heterocycles. The zero-order valence-electron chi connectivity index (χ0n) is 9.68. The molecule has 0 bridgehead atoms. The van der Waals surface area contributed by atoms with Gasteiger partial charge in [-0.15, -0.1) is 0 Å². The Morgan fingerprint density at radius 2 is 1.74 bits per heavy atom. The molecule has 0 aliphatic carbocycles. The highest BCUT2D eigenvalue weighted by atomic mass is 19.3. The first kappa shape index (κ1) is 13.6. The SMILES string of the molecule is CNCC(=O)c1ccc2c(c1)OC(F)(F)C(F)(F)O2. The zero-order chi connectivity index (χ0) is 14.3. The summed E-state index contributed by atoms with van der Waals surface area (Å²) in [6, 6.07) is 3.13. The van der Waals surface area contributed by atoms with E-state index in [0.29, 0.717) is 0 Å². The van der Waals surface area contributed by atoms with Gasteiger partial charge in [-0.25, -0.2) is 0 Å². The lowest BCUT2D eigenvalue weighted by Crippen LogP contribution is -2.52. The molecule has 1 N–H and O–H groups in total. The van der Waals surface area contributed by atoms with Crippen LogP contribution in [-0.2, 0) is 0 Å². The van der Waals surface area contributed by atoms with E-state index in [1.165, 1.54) is 13.1 Å². The predicted molar refractivity (Wildman–Crippen MR) is 55.8 cm³/mol. The van der Waals surface area contributed by atoms with Crippen molar-refractivity contribution in [2.75, 3.05) is 13.6 Å². The maximum atomic E-state index is 12.9. The molecular weight excluding hydrogens is 270 g/mol. The number of halogens is 4. The van der Waals surface area contributed by atoms with Crippen molar-refractivity contribution in [3.05, 3.63) is 23.8 Å². The van der Waals surface area contributed by atoms with Crippen molar-refractivity contribution in [3.8, 4) is 11.5 Å². The van der Waals surface area contributed by atoms with Gasteiger partial charge in [-0.05, 0) is 25.2 Å². The second-order valence-corrected chi connectivity index (χ2v) is 3.85. The number of rotatable bonds is 3. The van der Waals surface area contributed by atoms with E-state index in [9.17, 15) is 22.4 Å². The number of alkyl halides is 4. The van der Waals surface area contributed by atoms with Gasteiger partial charge in [-0.2, -0.15) is 17.6 Å². The van der Waals surface area contributed by atoms with Crippen molar-refractivity contribution < 1.29 is 31.8 Å².